The monoisotopic (exact) mass is 403 g/mol. The van der Waals surface area contributed by atoms with E-state index in [4.69, 9.17) is 18.9 Å². The summed E-state index contributed by atoms with van der Waals surface area (Å²) in [6.07, 6.45) is 4.58. The first-order valence-electron chi connectivity index (χ1n) is 9.01. The van der Waals surface area contributed by atoms with Crippen LogP contribution >= 0.6 is 0 Å². The van der Waals surface area contributed by atoms with E-state index < -0.39 is 5.97 Å². The van der Waals surface area contributed by atoms with Crippen LogP contribution in [0.2, 0.25) is 0 Å². The Bertz CT molecular complexity index is 1150. The van der Waals surface area contributed by atoms with Crippen molar-refractivity contribution in [3.63, 3.8) is 0 Å². The first-order valence-corrected chi connectivity index (χ1v) is 9.01. The fraction of sp³-hybridized carbons (Fsp3) is 0.0870. The fourth-order valence-corrected chi connectivity index (χ4v) is 2.96. The summed E-state index contributed by atoms with van der Waals surface area (Å²) in [6, 6.07) is 13.1. The van der Waals surface area contributed by atoms with Crippen molar-refractivity contribution in [1.82, 2.24) is 4.98 Å². The molecule has 0 amide bonds. The van der Waals surface area contributed by atoms with Crippen molar-refractivity contribution in [3.8, 4) is 23.0 Å². The number of esters is 1. The Morgan fingerprint density at radius 2 is 1.87 bits per heavy atom. The molecular formula is C23H17NO6. The molecule has 0 saturated heterocycles. The maximum Gasteiger partial charge on any atom is 0.345 e. The van der Waals surface area contributed by atoms with Gasteiger partial charge >= 0.3 is 5.97 Å². The Morgan fingerprint density at radius 3 is 2.60 bits per heavy atom. The van der Waals surface area contributed by atoms with Crippen molar-refractivity contribution >= 4 is 17.8 Å². The maximum absolute atomic E-state index is 12.7. The quantitative estimate of drug-likeness (QED) is 0.362. The molecule has 2 aromatic carbocycles. The first-order chi connectivity index (χ1) is 14.6. The van der Waals surface area contributed by atoms with Gasteiger partial charge in [-0.1, -0.05) is 0 Å². The molecular weight excluding hydrogens is 386 g/mol. The topological polar surface area (TPSA) is 84.0 Å². The zero-order valence-electron chi connectivity index (χ0n) is 16.2. The van der Waals surface area contributed by atoms with E-state index >= 15 is 0 Å². The molecule has 4 rings (SSSR count). The molecule has 3 aromatic rings. The van der Waals surface area contributed by atoms with E-state index in [-0.39, 0.29) is 17.3 Å². The molecule has 7 nitrogen and oxygen atoms in total. The van der Waals surface area contributed by atoms with Gasteiger partial charge in [0.25, 0.3) is 0 Å². The van der Waals surface area contributed by atoms with Crippen molar-refractivity contribution in [3.05, 3.63) is 83.4 Å². The number of ketones is 1. The molecule has 0 bridgehead atoms. The third-order valence-electron chi connectivity index (χ3n) is 4.48. The summed E-state index contributed by atoms with van der Waals surface area (Å²) in [5.41, 5.74) is 1.37. The number of rotatable bonds is 5. The van der Waals surface area contributed by atoms with Gasteiger partial charge in [-0.25, -0.2) is 4.79 Å². The lowest BCUT2D eigenvalue weighted by Crippen LogP contribution is -2.08. The number of pyridine rings is 1. The van der Waals surface area contributed by atoms with Gasteiger partial charge in [-0.05, 0) is 42.5 Å². The molecule has 1 aliphatic heterocycles. The second-order valence-electron chi connectivity index (χ2n) is 6.34. The molecule has 0 fully saturated rings. The normalized spacial score (nSPS) is 13.5. The van der Waals surface area contributed by atoms with E-state index in [1.54, 1.807) is 61.8 Å². The maximum atomic E-state index is 12.7. The van der Waals surface area contributed by atoms with E-state index in [1.165, 1.54) is 19.4 Å². The van der Waals surface area contributed by atoms with Gasteiger partial charge in [-0.3, -0.25) is 9.78 Å². The highest BCUT2D eigenvalue weighted by Gasteiger charge is 2.28. The lowest BCUT2D eigenvalue weighted by atomic mass is 10.1. The van der Waals surface area contributed by atoms with Crippen molar-refractivity contribution in [2.75, 3.05) is 14.2 Å². The smallest absolute Gasteiger partial charge is 0.345 e. The number of allylic oxidation sites excluding steroid dienone is 1. The van der Waals surface area contributed by atoms with Crippen LogP contribution in [0.4, 0.5) is 0 Å². The predicted octanol–water partition coefficient (Wildman–Crippen LogP) is 3.93. The molecule has 30 heavy (non-hydrogen) atoms. The molecule has 1 aromatic heterocycles. The minimum Gasteiger partial charge on any atom is -0.497 e. The summed E-state index contributed by atoms with van der Waals surface area (Å²) in [7, 11) is 3.09. The summed E-state index contributed by atoms with van der Waals surface area (Å²) in [5.74, 6) is 1.08. The summed E-state index contributed by atoms with van der Waals surface area (Å²) in [5, 5.41) is 0. The van der Waals surface area contributed by atoms with Gasteiger partial charge in [0.1, 0.15) is 23.0 Å². The molecule has 0 N–H and O–H groups in total. The number of carbonyl (C=O) groups is 2. The van der Waals surface area contributed by atoms with Gasteiger partial charge in [0.2, 0.25) is 5.78 Å². The van der Waals surface area contributed by atoms with Crippen LogP contribution in [-0.4, -0.2) is 31.0 Å². The van der Waals surface area contributed by atoms with Gasteiger partial charge in [0, 0.05) is 30.1 Å². The van der Waals surface area contributed by atoms with Crippen LogP contribution in [0.3, 0.4) is 0 Å². The lowest BCUT2D eigenvalue weighted by molar-refractivity contribution is 0.0734. The summed E-state index contributed by atoms with van der Waals surface area (Å²) < 4.78 is 21.6. The molecule has 150 valence electrons. The second kappa shape index (κ2) is 8.08. The molecule has 7 heteroatoms. The van der Waals surface area contributed by atoms with Crippen LogP contribution in [0.1, 0.15) is 26.3 Å². The van der Waals surface area contributed by atoms with E-state index in [0.717, 1.165) is 0 Å². The van der Waals surface area contributed by atoms with Crippen LogP contribution in [0.15, 0.2) is 66.7 Å². The highest BCUT2D eigenvalue weighted by molar-refractivity contribution is 6.14. The highest BCUT2D eigenvalue weighted by Crippen LogP contribution is 2.36. The highest BCUT2D eigenvalue weighted by atomic mass is 16.5. The van der Waals surface area contributed by atoms with Crippen LogP contribution in [0, 0.1) is 0 Å². The number of ether oxygens (including phenoxy) is 4. The van der Waals surface area contributed by atoms with Crippen molar-refractivity contribution in [2.24, 2.45) is 0 Å². The largest absolute Gasteiger partial charge is 0.497 e. The Morgan fingerprint density at radius 1 is 1.03 bits per heavy atom. The van der Waals surface area contributed by atoms with E-state index in [2.05, 4.69) is 4.98 Å². The number of hydrogen-bond acceptors (Lipinski definition) is 7. The van der Waals surface area contributed by atoms with Crippen molar-refractivity contribution in [1.29, 1.82) is 0 Å². The Hall–Kier alpha value is -4.13. The van der Waals surface area contributed by atoms with Crippen LogP contribution < -0.4 is 18.9 Å². The molecule has 0 radical (unpaired) electrons. The van der Waals surface area contributed by atoms with Gasteiger partial charge in [-0.15, -0.1) is 0 Å². The number of hydrogen-bond donors (Lipinski definition) is 0. The Labute approximate surface area is 172 Å². The van der Waals surface area contributed by atoms with Crippen LogP contribution in [-0.2, 0) is 0 Å². The SMILES string of the molecule is COc1ccc(/C=C2\Oc3cc(OC(=O)c4cccnc4)ccc3C2=O)c(OC)c1. The molecule has 0 unspecified atom stereocenters. The van der Waals surface area contributed by atoms with E-state index in [1.807, 2.05) is 0 Å². The van der Waals surface area contributed by atoms with Gasteiger partial charge < -0.3 is 18.9 Å². The van der Waals surface area contributed by atoms with Gasteiger partial charge in [0.05, 0.1) is 25.3 Å². The average Bonchev–Trinajstić information content (AvgIpc) is 3.09. The van der Waals surface area contributed by atoms with Crippen LogP contribution in [0.5, 0.6) is 23.0 Å². The number of methoxy groups -OCH3 is 2. The minimum absolute atomic E-state index is 0.143. The zero-order valence-corrected chi connectivity index (χ0v) is 16.2. The summed E-state index contributed by atoms with van der Waals surface area (Å²) >= 11 is 0. The molecule has 0 aliphatic carbocycles. The van der Waals surface area contributed by atoms with E-state index in [9.17, 15) is 9.59 Å². The summed E-state index contributed by atoms with van der Waals surface area (Å²) in [6.45, 7) is 0. The Kier molecular flexibility index (Phi) is 5.17. The van der Waals surface area contributed by atoms with Gasteiger partial charge in [-0.2, -0.15) is 0 Å². The number of Topliss-reactive ketones (excluding diaryl/α,β-unsaturated/α-hetero) is 1. The molecule has 1 aliphatic rings. The standard InChI is InChI=1S/C23H17NO6/c1-27-16-6-5-14(19(11-16)28-2)10-21-22(25)18-8-7-17(12-20(18)30-21)29-23(26)15-4-3-9-24-13-15/h3-13H,1-2H3/b21-10-. The molecule has 0 saturated carbocycles. The predicted molar refractivity (Wildman–Crippen MR) is 108 cm³/mol. The average molecular weight is 403 g/mol. The first kappa shape index (κ1) is 19.2. The number of aromatic nitrogens is 1. The molecule has 0 atom stereocenters. The number of fused-ring (bicyclic) bond motifs is 1. The number of nitrogens with zero attached hydrogens (tertiary/aromatic N) is 1. The Balaban J connectivity index is 1.58. The summed E-state index contributed by atoms with van der Waals surface area (Å²) in [4.78, 5) is 28.8. The number of carbonyl (C=O) groups excluding carboxylic acids is 2. The third kappa shape index (κ3) is 3.73. The van der Waals surface area contributed by atoms with Crippen molar-refractivity contribution < 1.29 is 28.5 Å². The lowest BCUT2D eigenvalue weighted by Gasteiger charge is -2.08. The fourth-order valence-electron chi connectivity index (χ4n) is 2.96. The van der Waals surface area contributed by atoms with Crippen LogP contribution in [0.25, 0.3) is 6.08 Å². The zero-order chi connectivity index (χ0) is 21.1. The minimum atomic E-state index is -0.550. The second-order valence-corrected chi connectivity index (χ2v) is 6.34. The molecule has 2 heterocycles. The third-order valence-corrected chi connectivity index (χ3v) is 4.48. The van der Waals surface area contributed by atoms with Gasteiger partial charge in [0.15, 0.2) is 5.76 Å². The van der Waals surface area contributed by atoms with E-state index in [0.29, 0.717) is 33.9 Å². The number of benzene rings is 2. The van der Waals surface area contributed by atoms with Crippen molar-refractivity contribution in [2.45, 2.75) is 0 Å². The molecule has 0 spiro atoms.